The van der Waals surface area contributed by atoms with E-state index in [0.717, 1.165) is 13.0 Å². The van der Waals surface area contributed by atoms with Gasteiger partial charge < -0.3 is 10.6 Å². The zero-order chi connectivity index (χ0) is 10.7. The molecular weight excluding hydrogens is 176 g/mol. The number of rotatable bonds is 3. The van der Waals surface area contributed by atoms with Crippen molar-refractivity contribution in [3.8, 4) is 0 Å². The van der Waals surface area contributed by atoms with E-state index in [1.165, 1.54) is 0 Å². The molecule has 3 atom stereocenters. The van der Waals surface area contributed by atoms with Gasteiger partial charge in [-0.15, -0.1) is 0 Å². The van der Waals surface area contributed by atoms with Crippen molar-refractivity contribution in [1.29, 1.82) is 0 Å². The van der Waals surface area contributed by atoms with Gasteiger partial charge in [0, 0.05) is 12.6 Å². The first kappa shape index (κ1) is 11.5. The van der Waals surface area contributed by atoms with Crippen molar-refractivity contribution in [3.63, 3.8) is 0 Å². The quantitative estimate of drug-likeness (QED) is 0.714. The smallest absolute Gasteiger partial charge is 0.237 e. The Balaban J connectivity index is 2.52. The zero-order valence-corrected chi connectivity index (χ0v) is 9.63. The van der Waals surface area contributed by atoms with Crippen molar-refractivity contribution >= 4 is 5.91 Å². The summed E-state index contributed by atoms with van der Waals surface area (Å²) in [6.07, 6.45) is 1.08. The molecular formula is C11H22N2O. The Labute approximate surface area is 86.6 Å². The summed E-state index contributed by atoms with van der Waals surface area (Å²) >= 11 is 0. The number of carbonyl (C=O) groups excluding carboxylic acids is 1. The van der Waals surface area contributed by atoms with Crippen LogP contribution < -0.4 is 10.6 Å². The first-order valence-corrected chi connectivity index (χ1v) is 5.56. The van der Waals surface area contributed by atoms with Crippen LogP contribution in [-0.2, 0) is 4.79 Å². The van der Waals surface area contributed by atoms with Gasteiger partial charge in [-0.25, -0.2) is 0 Å². The topological polar surface area (TPSA) is 41.1 Å². The highest BCUT2D eigenvalue weighted by molar-refractivity contribution is 5.82. The van der Waals surface area contributed by atoms with E-state index in [-0.39, 0.29) is 11.9 Å². The Kier molecular flexibility index (Phi) is 3.93. The van der Waals surface area contributed by atoms with Crippen LogP contribution in [0.3, 0.4) is 0 Å². The second-order valence-corrected chi connectivity index (χ2v) is 4.73. The molecule has 1 aliphatic heterocycles. The van der Waals surface area contributed by atoms with Crippen LogP contribution in [0, 0.1) is 11.8 Å². The van der Waals surface area contributed by atoms with Crippen molar-refractivity contribution in [3.05, 3.63) is 0 Å². The zero-order valence-electron chi connectivity index (χ0n) is 9.63. The van der Waals surface area contributed by atoms with Crippen LogP contribution in [0.4, 0.5) is 0 Å². The standard InChI is InChI=1S/C11H22N2O/c1-7(2)9(4)13-10-8(3)5-6-12-11(10)14/h7-10,13H,5-6H2,1-4H3,(H,12,14). The fourth-order valence-electron chi connectivity index (χ4n) is 1.67. The summed E-state index contributed by atoms with van der Waals surface area (Å²) in [5.41, 5.74) is 0. The molecule has 0 spiro atoms. The van der Waals surface area contributed by atoms with E-state index in [0.29, 0.717) is 17.9 Å². The number of nitrogens with one attached hydrogen (secondary N) is 2. The van der Waals surface area contributed by atoms with E-state index in [9.17, 15) is 4.79 Å². The van der Waals surface area contributed by atoms with Crippen LogP contribution in [0.1, 0.15) is 34.1 Å². The molecule has 3 nitrogen and oxygen atoms in total. The molecule has 2 N–H and O–H groups in total. The fraction of sp³-hybridized carbons (Fsp3) is 0.909. The molecule has 1 aliphatic rings. The van der Waals surface area contributed by atoms with Gasteiger partial charge in [-0.1, -0.05) is 20.8 Å². The lowest BCUT2D eigenvalue weighted by atomic mass is 9.92. The maximum Gasteiger partial charge on any atom is 0.237 e. The third kappa shape index (κ3) is 2.71. The molecule has 0 aromatic heterocycles. The van der Waals surface area contributed by atoms with Crippen molar-refractivity contribution in [1.82, 2.24) is 10.6 Å². The lowest BCUT2D eigenvalue weighted by Crippen LogP contribution is -2.55. The van der Waals surface area contributed by atoms with Crippen molar-refractivity contribution < 1.29 is 4.79 Å². The van der Waals surface area contributed by atoms with Gasteiger partial charge in [0.15, 0.2) is 0 Å². The van der Waals surface area contributed by atoms with Crippen LogP contribution in [0.15, 0.2) is 0 Å². The monoisotopic (exact) mass is 198 g/mol. The minimum Gasteiger partial charge on any atom is -0.355 e. The Hall–Kier alpha value is -0.570. The molecule has 0 aromatic rings. The predicted octanol–water partition coefficient (Wildman–Crippen LogP) is 1.15. The molecule has 0 radical (unpaired) electrons. The number of piperidine rings is 1. The molecule has 1 fully saturated rings. The number of hydrogen-bond acceptors (Lipinski definition) is 2. The first-order chi connectivity index (χ1) is 6.52. The van der Waals surface area contributed by atoms with E-state index >= 15 is 0 Å². The molecule has 0 bridgehead atoms. The Morgan fingerprint density at radius 1 is 1.43 bits per heavy atom. The van der Waals surface area contributed by atoms with Gasteiger partial charge in [-0.2, -0.15) is 0 Å². The van der Waals surface area contributed by atoms with Crippen molar-refractivity contribution in [2.75, 3.05) is 6.54 Å². The highest BCUT2D eigenvalue weighted by Crippen LogP contribution is 2.14. The summed E-state index contributed by atoms with van der Waals surface area (Å²) in [7, 11) is 0. The number of carbonyl (C=O) groups is 1. The van der Waals surface area contributed by atoms with E-state index in [1.807, 2.05) is 0 Å². The minimum atomic E-state index is 0.00106. The van der Waals surface area contributed by atoms with Crippen LogP contribution in [0.25, 0.3) is 0 Å². The molecule has 3 unspecified atom stereocenters. The molecule has 14 heavy (non-hydrogen) atoms. The molecule has 0 aromatic carbocycles. The van der Waals surface area contributed by atoms with Crippen molar-refractivity contribution in [2.45, 2.75) is 46.2 Å². The molecule has 82 valence electrons. The maximum absolute atomic E-state index is 11.6. The van der Waals surface area contributed by atoms with Gasteiger partial charge in [0.25, 0.3) is 0 Å². The van der Waals surface area contributed by atoms with E-state index in [2.05, 4.69) is 38.3 Å². The molecule has 1 heterocycles. The molecule has 1 rings (SSSR count). The first-order valence-electron chi connectivity index (χ1n) is 5.56. The highest BCUT2D eigenvalue weighted by atomic mass is 16.2. The van der Waals surface area contributed by atoms with Crippen molar-refractivity contribution in [2.24, 2.45) is 11.8 Å². The van der Waals surface area contributed by atoms with Gasteiger partial charge in [-0.3, -0.25) is 4.79 Å². The maximum atomic E-state index is 11.6. The van der Waals surface area contributed by atoms with Gasteiger partial charge in [0.2, 0.25) is 5.91 Å². The highest BCUT2D eigenvalue weighted by Gasteiger charge is 2.29. The SMILES string of the molecule is CC(C)C(C)NC1C(=O)NCCC1C. The predicted molar refractivity (Wildman–Crippen MR) is 58.0 cm³/mol. The van der Waals surface area contributed by atoms with Gasteiger partial charge in [0.05, 0.1) is 6.04 Å². The third-order valence-corrected chi connectivity index (χ3v) is 3.19. The van der Waals surface area contributed by atoms with E-state index in [4.69, 9.17) is 0 Å². The molecule has 0 saturated carbocycles. The number of hydrogen-bond donors (Lipinski definition) is 2. The summed E-state index contributed by atoms with van der Waals surface area (Å²) in [5, 5.41) is 6.31. The normalized spacial score (nSPS) is 30.2. The van der Waals surface area contributed by atoms with Crippen LogP contribution in [-0.4, -0.2) is 24.5 Å². The summed E-state index contributed by atoms with van der Waals surface area (Å²) in [6, 6.07) is 0.396. The lowest BCUT2D eigenvalue weighted by Gasteiger charge is -2.32. The Morgan fingerprint density at radius 3 is 2.57 bits per heavy atom. The summed E-state index contributed by atoms with van der Waals surface area (Å²) in [4.78, 5) is 11.6. The second kappa shape index (κ2) is 4.78. The average molecular weight is 198 g/mol. The Morgan fingerprint density at radius 2 is 2.07 bits per heavy atom. The van der Waals surface area contributed by atoms with Crippen LogP contribution in [0.2, 0.25) is 0 Å². The van der Waals surface area contributed by atoms with E-state index < -0.39 is 0 Å². The van der Waals surface area contributed by atoms with Gasteiger partial charge in [-0.05, 0) is 25.2 Å². The lowest BCUT2D eigenvalue weighted by molar-refractivity contribution is -0.126. The molecule has 1 saturated heterocycles. The van der Waals surface area contributed by atoms with Gasteiger partial charge >= 0.3 is 0 Å². The average Bonchev–Trinajstić information content (AvgIpc) is 2.11. The summed E-state index contributed by atoms with van der Waals surface area (Å²) in [5.74, 6) is 1.18. The van der Waals surface area contributed by atoms with Crippen LogP contribution in [0.5, 0.6) is 0 Å². The van der Waals surface area contributed by atoms with Gasteiger partial charge in [0.1, 0.15) is 0 Å². The minimum absolute atomic E-state index is 0.00106. The number of amides is 1. The summed E-state index contributed by atoms with van der Waals surface area (Å²) in [6.45, 7) is 9.45. The Bertz CT molecular complexity index is 203. The third-order valence-electron chi connectivity index (χ3n) is 3.19. The molecule has 3 heteroatoms. The van der Waals surface area contributed by atoms with E-state index in [1.54, 1.807) is 0 Å². The largest absolute Gasteiger partial charge is 0.355 e. The molecule has 1 amide bonds. The van der Waals surface area contributed by atoms with Crippen LogP contribution >= 0.6 is 0 Å². The molecule has 0 aliphatic carbocycles. The summed E-state index contributed by atoms with van der Waals surface area (Å²) < 4.78 is 0. The fourth-order valence-corrected chi connectivity index (χ4v) is 1.67. The second-order valence-electron chi connectivity index (χ2n) is 4.73.